The molecule has 3 nitrogen and oxygen atoms in total. The van der Waals surface area contributed by atoms with Gasteiger partial charge in [0.2, 0.25) is 0 Å². The fourth-order valence-corrected chi connectivity index (χ4v) is 2.44. The van der Waals surface area contributed by atoms with Gasteiger partial charge in [-0.25, -0.2) is 0 Å². The Morgan fingerprint density at radius 3 is 2.29 bits per heavy atom. The van der Waals surface area contributed by atoms with Gasteiger partial charge in [0.15, 0.2) is 5.78 Å². The van der Waals surface area contributed by atoms with Gasteiger partial charge in [-0.1, -0.05) is 24.3 Å². The van der Waals surface area contributed by atoms with Gasteiger partial charge >= 0.3 is 0 Å². The molecule has 5 heteroatoms. The number of para-hydroxylation sites is 1. The van der Waals surface area contributed by atoms with E-state index < -0.39 is 16.5 Å². The highest BCUT2D eigenvalue weighted by Crippen LogP contribution is 2.32. The van der Waals surface area contributed by atoms with E-state index in [4.69, 9.17) is 27.9 Å². The molecule has 2 aromatic rings. The SMILES string of the molecule is COc1ccc(C(Cl)C(Cl)C(=O)c2ccccc2O)cc1. The first-order valence-corrected chi connectivity index (χ1v) is 7.16. The second-order valence-corrected chi connectivity index (χ2v) is 5.40. The van der Waals surface area contributed by atoms with Crippen molar-refractivity contribution in [2.24, 2.45) is 0 Å². The van der Waals surface area contributed by atoms with Crippen molar-refractivity contribution < 1.29 is 14.6 Å². The molecule has 2 rings (SSSR count). The number of methoxy groups -OCH3 is 1. The second kappa shape index (κ2) is 6.83. The number of Topliss-reactive ketones (excluding diaryl/α,β-unsaturated/α-hetero) is 1. The number of aromatic hydroxyl groups is 1. The zero-order valence-corrected chi connectivity index (χ0v) is 12.8. The third kappa shape index (κ3) is 3.49. The Kier molecular flexibility index (Phi) is 5.10. The van der Waals surface area contributed by atoms with E-state index in [1.165, 1.54) is 12.1 Å². The van der Waals surface area contributed by atoms with Gasteiger partial charge in [-0.2, -0.15) is 0 Å². The maximum atomic E-state index is 12.3. The molecule has 0 aliphatic heterocycles. The minimum absolute atomic E-state index is 0.105. The summed E-state index contributed by atoms with van der Waals surface area (Å²) in [4.78, 5) is 12.3. The van der Waals surface area contributed by atoms with Gasteiger partial charge in [0, 0.05) is 0 Å². The highest BCUT2D eigenvalue weighted by atomic mass is 35.5. The van der Waals surface area contributed by atoms with Crippen LogP contribution in [0.2, 0.25) is 0 Å². The van der Waals surface area contributed by atoms with Crippen molar-refractivity contribution in [1.82, 2.24) is 0 Å². The zero-order valence-electron chi connectivity index (χ0n) is 11.3. The largest absolute Gasteiger partial charge is 0.507 e. The Labute approximate surface area is 133 Å². The summed E-state index contributed by atoms with van der Waals surface area (Å²) < 4.78 is 5.07. The van der Waals surface area contributed by atoms with Crippen molar-refractivity contribution in [3.63, 3.8) is 0 Å². The molecule has 0 fully saturated rings. The number of carbonyl (C=O) groups is 1. The topological polar surface area (TPSA) is 46.5 Å². The molecule has 0 aromatic heterocycles. The molecular formula is C16H14Cl2O3. The molecule has 110 valence electrons. The monoisotopic (exact) mass is 324 g/mol. The minimum Gasteiger partial charge on any atom is -0.507 e. The lowest BCUT2D eigenvalue weighted by Gasteiger charge is -2.16. The Hall–Kier alpha value is -1.71. The highest BCUT2D eigenvalue weighted by molar-refractivity contribution is 6.40. The molecule has 0 heterocycles. The summed E-state index contributed by atoms with van der Waals surface area (Å²) in [7, 11) is 1.57. The molecular weight excluding hydrogens is 311 g/mol. The van der Waals surface area contributed by atoms with Gasteiger partial charge in [0.25, 0.3) is 0 Å². The zero-order chi connectivity index (χ0) is 15.4. The summed E-state index contributed by atoms with van der Waals surface area (Å²) in [5, 5.41) is 8.03. The number of phenolic OH excluding ortho intramolecular Hbond substituents is 1. The van der Waals surface area contributed by atoms with Crippen LogP contribution in [-0.2, 0) is 0 Å². The highest BCUT2D eigenvalue weighted by Gasteiger charge is 2.28. The molecule has 0 bridgehead atoms. The average Bonchev–Trinajstić information content (AvgIpc) is 2.53. The Balaban J connectivity index is 2.20. The Bertz CT molecular complexity index is 626. The van der Waals surface area contributed by atoms with Crippen LogP contribution in [0.25, 0.3) is 0 Å². The molecule has 0 radical (unpaired) electrons. The maximum Gasteiger partial charge on any atom is 0.186 e. The number of alkyl halides is 2. The first kappa shape index (κ1) is 15.7. The minimum atomic E-state index is -0.978. The first-order valence-electron chi connectivity index (χ1n) is 6.29. The fourth-order valence-electron chi connectivity index (χ4n) is 1.92. The molecule has 0 amide bonds. The van der Waals surface area contributed by atoms with Gasteiger partial charge in [-0.05, 0) is 29.8 Å². The Morgan fingerprint density at radius 1 is 1.10 bits per heavy atom. The quantitative estimate of drug-likeness (QED) is 0.663. The number of hydrogen-bond acceptors (Lipinski definition) is 3. The van der Waals surface area contributed by atoms with Crippen LogP contribution in [0.4, 0.5) is 0 Å². The molecule has 2 aromatic carbocycles. The van der Waals surface area contributed by atoms with Crippen LogP contribution in [0.15, 0.2) is 48.5 Å². The van der Waals surface area contributed by atoms with Crippen molar-refractivity contribution in [1.29, 1.82) is 0 Å². The van der Waals surface area contributed by atoms with Crippen molar-refractivity contribution >= 4 is 29.0 Å². The third-order valence-electron chi connectivity index (χ3n) is 3.11. The lowest BCUT2D eigenvalue weighted by Crippen LogP contribution is -2.20. The summed E-state index contributed by atoms with van der Waals surface area (Å²) in [6, 6.07) is 13.3. The van der Waals surface area contributed by atoms with Gasteiger partial charge in [-0.3, -0.25) is 4.79 Å². The first-order chi connectivity index (χ1) is 10.0. The van der Waals surface area contributed by atoms with Gasteiger partial charge in [-0.15, -0.1) is 23.2 Å². The normalized spacial score (nSPS) is 13.5. The van der Waals surface area contributed by atoms with E-state index in [1.54, 1.807) is 43.5 Å². The molecule has 0 saturated carbocycles. The second-order valence-electron chi connectivity index (χ2n) is 4.46. The van der Waals surface area contributed by atoms with Crippen LogP contribution < -0.4 is 4.74 Å². The van der Waals surface area contributed by atoms with Gasteiger partial charge < -0.3 is 9.84 Å². The summed E-state index contributed by atoms with van der Waals surface area (Å²) in [6.07, 6.45) is 0. The summed E-state index contributed by atoms with van der Waals surface area (Å²) in [5.41, 5.74) is 0.873. The predicted octanol–water partition coefficient (Wildman–Crippen LogP) is 4.17. The van der Waals surface area contributed by atoms with Crippen LogP contribution in [0.5, 0.6) is 11.5 Å². The number of rotatable bonds is 5. The number of halogens is 2. The van der Waals surface area contributed by atoms with E-state index >= 15 is 0 Å². The lowest BCUT2D eigenvalue weighted by molar-refractivity contribution is 0.0983. The van der Waals surface area contributed by atoms with Crippen LogP contribution in [0, 0.1) is 0 Å². The van der Waals surface area contributed by atoms with Crippen LogP contribution in [-0.4, -0.2) is 23.4 Å². The molecule has 0 aliphatic carbocycles. The number of ketones is 1. The fraction of sp³-hybridized carbons (Fsp3) is 0.188. The lowest BCUT2D eigenvalue weighted by atomic mass is 10.0. The average molecular weight is 325 g/mol. The molecule has 1 N–H and O–H groups in total. The number of ether oxygens (including phenoxy) is 1. The molecule has 0 saturated heterocycles. The number of benzene rings is 2. The smallest absolute Gasteiger partial charge is 0.186 e. The van der Waals surface area contributed by atoms with Crippen molar-refractivity contribution in [2.75, 3.05) is 7.11 Å². The molecule has 2 atom stereocenters. The molecule has 2 unspecified atom stereocenters. The number of hydrogen-bond donors (Lipinski definition) is 1. The standard InChI is InChI=1S/C16H14Cl2O3/c1-21-11-8-6-10(7-9-11)14(17)15(18)16(20)12-4-2-3-5-13(12)19/h2-9,14-15,19H,1H3. The van der Waals surface area contributed by atoms with Crippen molar-refractivity contribution in [3.8, 4) is 11.5 Å². The molecule has 21 heavy (non-hydrogen) atoms. The van der Waals surface area contributed by atoms with E-state index in [-0.39, 0.29) is 11.3 Å². The Morgan fingerprint density at radius 2 is 1.71 bits per heavy atom. The predicted molar refractivity (Wildman–Crippen MR) is 83.7 cm³/mol. The number of phenols is 1. The molecule has 0 spiro atoms. The van der Waals surface area contributed by atoms with E-state index in [1.807, 2.05) is 0 Å². The van der Waals surface area contributed by atoms with Crippen LogP contribution >= 0.6 is 23.2 Å². The van der Waals surface area contributed by atoms with Crippen molar-refractivity contribution in [2.45, 2.75) is 10.8 Å². The summed E-state index contributed by atoms with van der Waals surface area (Å²) >= 11 is 12.4. The third-order valence-corrected chi connectivity index (χ3v) is 4.19. The van der Waals surface area contributed by atoms with Crippen molar-refractivity contribution in [3.05, 3.63) is 59.7 Å². The van der Waals surface area contributed by atoms with E-state index in [0.29, 0.717) is 11.3 Å². The summed E-state index contributed by atoms with van der Waals surface area (Å²) in [5.74, 6) is 0.179. The maximum absolute atomic E-state index is 12.3. The van der Waals surface area contributed by atoms with Crippen LogP contribution in [0.3, 0.4) is 0 Å². The number of carbonyl (C=O) groups excluding carboxylic acids is 1. The van der Waals surface area contributed by atoms with Crippen LogP contribution in [0.1, 0.15) is 21.3 Å². The summed E-state index contributed by atoms with van der Waals surface area (Å²) in [6.45, 7) is 0. The van der Waals surface area contributed by atoms with Gasteiger partial charge in [0.1, 0.15) is 16.9 Å². The van der Waals surface area contributed by atoms with E-state index in [2.05, 4.69) is 0 Å². The molecule has 0 aliphatic rings. The van der Waals surface area contributed by atoms with E-state index in [9.17, 15) is 9.90 Å². The van der Waals surface area contributed by atoms with Gasteiger partial charge in [0.05, 0.1) is 18.1 Å². The van der Waals surface area contributed by atoms with E-state index in [0.717, 1.165) is 0 Å².